The standard InChI is InChI=1S/C21H27N5S/c1-3-25-9-11-26(12-10-25)16(2)14-22-20-18-13-19(17-7-5-4-6-8-17)27-21(18)24-15-23-20/h4-8,13,15-16H,3,9-12,14H2,1-2H3,(H,22,23,24). The maximum Gasteiger partial charge on any atom is 0.138 e. The van der Waals surface area contributed by atoms with E-state index in [0.717, 1.165) is 42.2 Å². The molecule has 3 aromatic rings. The highest BCUT2D eigenvalue weighted by Crippen LogP contribution is 2.34. The highest BCUT2D eigenvalue weighted by atomic mass is 32.1. The van der Waals surface area contributed by atoms with Gasteiger partial charge >= 0.3 is 0 Å². The van der Waals surface area contributed by atoms with Crippen LogP contribution in [0.15, 0.2) is 42.7 Å². The molecule has 2 aromatic heterocycles. The van der Waals surface area contributed by atoms with E-state index >= 15 is 0 Å². The Morgan fingerprint density at radius 3 is 2.63 bits per heavy atom. The number of hydrogen-bond acceptors (Lipinski definition) is 6. The first-order valence-electron chi connectivity index (χ1n) is 9.75. The largest absolute Gasteiger partial charge is 0.368 e. The zero-order valence-corrected chi connectivity index (χ0v) is 16.9. The molecule has 1 unspecified atom stereocenters. The lowest BCUT2D eigenvalue weighted by molar-refractivity contribution is 0.110. The summed E-state index contributed by atoms with van der Waals surface area (Å²) in [5.41, 5.74) is 1.23. The lowest BCUT2D eigenvalue weighted by atomic mass is 10.2. The fourth-order valence-electron chi connectivity index (χ4n) is 3.63. The van der Waals surface area contributed by atoms with Gasteiger partial charge < -0.3 is 10.2 Å². The molecule has 1 aliphatic heterocycles. The van der Waals surface area contributed by atoms with E-state index in [1.807, 2.05) is 6.07 Å². The minimum absolute atomic E-state index is 0.487. The van der Waals surface area contributed by atoms with Gasteiger partial charge in [0.2, 0.25) is 0 Å². The normalized spacial score (nSPS) is 17.3. The zero-order valence-electron chi connectivity index (χ0n) is 16.1. The molecule has 1 N–H and O–H groups in total. The Kier molecular flexibility index (Phi) is 5.66. The first-order valence-corrected chi connectivity index (χ1v) is 10.6. The van der Waals surface area contributed by atoms with Crippen molar-refractivity contribution in [3.8, 4) is 10.4 Å². The summed E-state index contributed by atoms with van der Waals surface area (Å²) in [6.07, 6.45) is 1.67. The molecule has 4 rings (SSSR count). The van der Waals surface area contributed by atoms with E-state index in [2.05, 4.69) is 69.3 Å². The first kappa shape index (κ1) is 18.3. The predicted octanol–water partition coefficient (Wildman–Crippen LogP) is 3.80. The molecule has 1 aromatic carbocycles. The van der Waals surface area contributed by atoms with Gasteiger partial charge in [0.15, 0.2) is 0 Å². The van der Waals surface area contributed by atoms with Crippen LogP contribution in [0.5, 0.6) is 0 Å². The average molecular weight is 382 g/mol. The summed E-state index contributed by atoms with van der Waals surface area (Å²) in [5.74, 6) is 0.942. The predicted molar refractivity (Wildman–Crippen MR) is 114 cm³/mol. The van der Waals surface area contributed by atoms with Gasteiger partial charge in [0.1, 0.15) is 17.0 Å². The highest BCUT2D eigenvalue weighted by molar-refractivity contribution is 7.21. The van der Waals surface area contributed by atoms with Crippen LogP contribution in [0.25, 0.3) is 20.7 Å². The highest BCUT2D eigenvalue weighted by Gasteiger charge is 2.20. The molecule has 0 bridgehead atoms. The van der Waals surface area contributed by atoms with Crippen molar-refractivity contribution in [1.29, 1.82) is 0 Å². The summed E-state index contributed by atoms with van der Waals surface area (Å²) in [6, 6.07) is 13.2. The Labute approximate surface area is 165 Å². The van der Waals surface area contributed by atoms with Gasteiger partial charge in [0.25, 0.3) is 0 Å². The third-order valence-corrected chi connectivity index (χ3v) is 6.52. The van der Waals surface area contributed by atoms with Gasteiger partial charge in [-0.3, -0.25) is 4.90 Å². The van der Waals surface area contributed by atoms with Crippen LogP contribution < -0.4 is 5.32 Å². The van der Waals surface area contributed by atoms with Crippen molar-refractivity contribution in [3.63, 3.8) is 0 Å². The lowest BCUT2D eigenvalue weighted by Crippen LogP contribution is -2.51. The van der Waals surface area contributed by atoms with Crippen LogP contribution in [0, 0.1) is 0 Å². The quantitative estimate of drug-likeness (QED) is 0.704. The number of likely N-dealkylation sites (N-methyl/N-ethyl adjacent to an activating group) is 1. The molecule has 1 atom stereocenters. The second kappa shape index (κ2) is 8.33. The van der Waals surface area contributed by atoms with Gasteiger partial charge in [-0.05, 0) is 25.1 Å². The number of fused-ring (bicyclic) bond motifs is 1. The van der Waals surface area contributed by atoms with Crippen molar-refractivity contribution >= 4 is 27.4 Å². The van der Waals surface area contributed by atoms with Crippen molar-refractivity contribution in [3.05, 3.63) is 42.7 Å². The second-order valence-electron chi connectivity index (χ2n) is 7.12. The first-order chi connectivity index (χ1) is 13.2. The van der Waals surface area contributed by atoms with Crippen molar-refractivity contribution < 1.29 is 0 Å². The number of anilines is 1. The van der Waals surface area contributed by atoms with Gasteiger partial charge in [0, 0.05) is 43.6 Å². The number of benzene rings is 1. The molecular weight excluding hydrogens is 354 g/mol. The van der Waals surface area contributed by atoms with Crippen LogP contribution in [0.4, 0.5) is 5.82 Å². The molecule has 0 saturated carbocycles. The van der Waals surface area contributed by atoms with Crippen molar-refractivity contribution in [2.75, 3.05) is 44.6 Å². The number of thiophene rings is 1. The molecular formula is C21H27N5S. The fourth-order valence-corrected chi connectivity index (χ4v) is 4.64. The average Bonchev–Trinajstić information content (AvgIpc) is 3.18. The number of piperazine rings is 1. The fraction of sp³-hybridized carbons (Fsp3) is 0.429. The SMILES string of the molecule is CCN1CCN(C(C)CNc2ncnc3sc(-c4ccccc4)cc23)CC1. The molecule has 0 amide bonds. The van der Waals surface area contributed by atoms with Gasteiger partial charge in [-0.1, -0.05) is 37.3 Å². The number of hydrogen-bond donors (Lipinski definition) is 1. The molecule has 1 saturated heterocycles. The molecule has 3 heterocycles. The molecule has 1 fully saturated rings. The maximum atomic E-state index is 4.51. The third-order valence-electron chi connectivity index (χ3n) is 5.43. The topological polar surface area (TPSA) is 44.3 Å². The Morgan fingerprint density at radius 2 is 1.89 bits per heavy atom. The van der Waals surface area contributed by atoms with E-state index in [9.17, 15) is 0 Å². The molecule has 5 nitrogen and oxygen atoms in total. The summed E-state index contributed by atoms with van der Waals surface area (Å²) in [5, 5.41) is 4.69. The minimum Gasteiger partial charge on any atom is -0.368 e. The van der Waals surface area contributed by atoms with Crippen molar-refractivity contribution in [2.24, 2.45) is 0 Å². The van der Waals surface area contributed by atoms with E-state index in [1.54, 1.807) is 17.7 Å². The van der Waals surface area contributed by atoms with E-state index in [-0.39, 0.29) is 0 Å². The van der Waals surface area contributed by atoms with Gasteiger partial charge in [-0.15, -0.1) is 11.3 Å². The molecule has 142 valence electrons. The number of aromatic nitrogens is 2. The van der Waals surface area contributed by atoms with Crippen LogP contribution in [0.1, 0.15) is 13.8 Å². The van der Waals surface area contributed by atoms with E-state index in [4.69, 9.17) is 0 Å². The second-order valence-corrected chi connectivity index (χ2v) is 8.15. The number of nitrogens with zero attached hydrogens (tertiary/aromatic N) is 4. The van der Waals surface area contributed by atoms with Crippen LogP contribution in [0.2, 0.25) is 0 Å². The molecule has 27 heavy (non-hydrogen) atoms. The summed E-state index contributed by atoms with van der Waals surface area (Å²) in [4.78, 5) is 16.3. The van der Waals surface area contributed by atoms with Crippen LogP contribution in [-0.4, -0.2) is 65.1 Å². The zero-order chi connectivity index (χ0) is 18.6. The maximum absolute atomic E-state index is 4.51. The van der Waals surface area contributed by atoms with Gasteiger partial charge in [-0.25, -0.2) is 9.97 Å². The summed E-state index contributed by atoms with van der Waals surface area (Å²) >= 11 is 1.72. The summed E-state index contributed by atoms with van der Waals surface area (Å²) in [6.45, 7) is 11.2. The smallest absolute Gasteiger partial charge is 0.138 e. The van der Waals surface area contributed by atoms with E-state index in [0.29, 0.717) is 6.04 Å². The number of rotatable bonds is 6. The summed E-state index contributed by atoms with van der Waals surface area (Å²) in [7, 11) is 0. The van der Waals surface area contributed by atoms with Crippen LogP contribution in [-0.2, 0) is 0 Å². The Bertz CT molecular complexity index is 871. The number of nitrogens with one attached hydrogen (secondary N) is 1. The Balaban J connectivity index is 1.45. The summed E-state index contributed by atoms with van der Waals surface area (Å²) < 4.78 is 0. The monoisotopic (exact) mass is 381 g/mol. The molecule has 1 aliphatic rings. The minimum atomic E-state index is 0.487. The van der Waals surface area contributed by atoms with E-state index in [1.165, 1.54) is 23.5 Å². The molecule has 0 radical (unpaired) electrons. The van der Waals surface area contributed by atoms with Gasteiger partial charge in [0.05, 0.1) is 5.39 Å². The Hall–Kier alpha value is -2.02. The van der Waals surface area contributed by atoms with Crippen molar-refractivity contribution in [2.45, 2.75) is 19.9 Å². The van der Waals surface area contributed by atoms with Crippen molar-refractivity contribution in [1.82, 2.24) is 19.8 Å². The third kappa shape index (κ3) is 4.13. The molecule has 0 spiro atoms. The Morgan fingerprint density at radius 1 is 1.11 bits per heavy atom. The lowest BCUT2D eigenvalue weighted by Gasteiger charge is -2.37. The van der Waals surface area contributed by atoms with Crippen LogP contribution >= 0.6 is 11.3 Å². The van der Waals surface area contributed by atoms with E-state index < -0.39 is 0 Å². The van der Waals surface area contributed by atoms with Crippen LogP contribution in [0.3, 0.4) is 0 Å². The molecule has 6 heteroatoms. The van der Waals surface area contributed by atoms with Gasteiger partial charge in [-0.2, -0.15) is 0 Å². The molecule has 0 aliphatic carbocycles.